The molecule has 1 aromatic heterocycles. The van der Waals surface area contributed by atoms with E-state index in [1.165, 1.54) is 0 Å². The maximum atomic E-state index is 9.12. The van der Waals surface area contributed by atoms with Crippen LogP contribution in [0.15, 0.2) is 48.8 Å². The fourth-order valence-electron chi connectivity index (χ4n) is 1.43. The molecule has 0 amide bonds. The Morgan fingerprint density at radius 2 is 2.00 bits per heavy atom. The van der Waals surface area contributed by atoms with Crippen LogP contribution in [0.3, 0.4) is 0 Å². The van der Waals surface area contributed by atoms with Crippen molar-refractivity contribution in [2.45, 2.75) is 0 Å². The molecule has 0 fully saturated rings. The lowest BCUT2D eigenvalue weighted by Gasteiger charge is -1.98. The maximum Gasteiger partial charge on any atom is 0.0998 e. The van der Waals surface area contributed by atoms with Gasteiger partial charge in [-0.1, -0.05) is 29.8 Å². The van der Waals surface area contributed by atoms with Crippen LogP contribution in [0.4, 0.5) is 0 Å². The Balaban J connectivity index is 2.37. The van der Waals surface area contributed by atoms with Gasteiger partial charge >= 0.3 is 0 Å². The van der Waals surface area contributed by atoms with Crippen molar-refractivity contribution in [2.75, 3.05) is 0 Å². The molecular formula is C14H9ClN2. The average Bonchev–Trinajstić information content (AvgIpc) is 2.39. The summed E-state index contributed by atoms with van der Waals surface area (Å²) in [6, 6.07) is 13.2. The van der Waals surface area contributed by atoms with Crippen LogP contribution in [0.5, 0.6) is 0 Å². The zero-order valence-corrected chi connectivity index (χ0v) is 9.72. The number of benzene rings is 1. The first-order valence-electron chi connectivity index (χ1n) is 5.07. The molecule has 0 unspecified atom stereocenters. The van der Waals surface area contributed by atoms with Crippen molar-refractivity contribution in [3.63, 3.8) is 0 Å². The van der Waals surface area contributed by atoms with Gasteiger partial charge in [0.2, 0.25) is 0 Å². The van der Waals surface area contributed by atoms with Crippen LogP contribution in [-0.4, -0.2) is 4.98 Å². The molecule has 82 valence electrons. The van der Waals surface area contributed by atoms with Gasteiger partial charge in [0.15, 0.2) is 0 Å². The van der Waals surface area contributed by atoms with Gasteiger partial charge in [-0.2, -0.15) is 5.26 Å². The Morgan fingerprint density at radius 1 is 1.24 bits per heavy atom. The molecule has 2 aromatic rings. The SMILES string of the molecule is N#CC(=Cc1ccc(Cl)cc1)c1cccnc1. The van der Waals surface area contributed by atoms with Gasteiger partial charge in [-0.3, -0.25) is 4.98 Å². The molecular weight excluding hydrogens is 232 g/mol. The molecule has 0 saturated carbocycles. The van der Waals surface area contributed by atoms with E-state index in [2.05, 4.69) is 11.1 Å². The quantitative estimate of drug-likeness (QED) is 0.749. The van der Waals surface area contributed by atoms with Gasteiger partial charge in [0.05, 0.1) is 11.6 Å². The predicted molar refractivity (Wildman–Crippen MR) is 69.2 cm³/mol. The first-order valence-corrected chi connectivity index (χ1v) is 5.45. The smallest absolute Gasteiger partial charge is 0.0998 e. The van der Waals surface area contributed by atoms with E-state index in [0.29, 0.717) is 10.6 Å². The summed E-state index contributed by atoms with van der Waals surface area (Å²) < 4.78 is 0. The molecule has 0 aliphatic carbocycles. The van der Waals surface area contributed by atoms with Crippen LogP contribution in [0, 0.1) is 11.3 Å². The lowest BCUT2D eigenvalue weighted by molar-refractivity contribution is 1.31. The molecule has 2 rings (SSSR count). The maximum absolute atomic E-state index is 9.12. The molecule has 0 aliphatic heterocycles. The molecule has 0 bridgehead atoms. The molecule has 0 aliphatic rings. The van der Waals surface area contributed by atoms with Gasteiger partial charge in [-0.05, 0) is 29.8 Å². The molecule has 1 aromatic carbocycles. The van der Waals surface area contributed by atoms with Crippen LogP contribution in [-0.2, 0) is 0 Å². The van der Waals surface area contributed by atoms with Crippen LogP contribution < -0.4 is 0 Å². The van der Waals surface area contributed by atoms with Crippen molar-refractivity contribution in [1.82, 2.24) is 4.98 Å². The second-order valence-corrected chi connectivity index (χ2v) is 3.90. The Labute approximate surface area is 105 Å². The molecule has 1 heterocycles. The predicted octanol–water partition coefficient (Wildman–Crippen LogP) is 3.80. The van der Waals surface area contributed by atoms with Crippen molar-refractivity contribution in [3.8, 4) is 6.07 Å². The van der Waals surface area contributed by atoms with E-state index in [1.54, 1.807) is 24.5 Å². The van der Waals surface area contributed by atoms with Crippen LogP contribution in [0.2, 0.25) is 5.02 Å². The molecule has 3 heteroatoms. The third-order valence-electron chi connectivity index (χ3n) is 2.27. The monoisotopic (exact) mass is 240 g/mol. The van der Waals surface area contributed by atoms with Crippen LogP contribution >= 0.6 is 11.6 Å². The van der Waals surface area contributed by atoms with E-state index in [-0.39, 0.29) is 0 Å². The highest BCUT2D eigenvalue weighted by atomic mass is 35.5. The Morgan fingerprint density at radius 3 is 2.59 bits per heavy atom. The lowest BCUT2D eigenvalue weighted by Crippen LogP contribution is -1.83. The standard InChI is InChI=1S/C14H9ClN2/c15-14-5-3-11(4-6-14)8-13(9-16)12-2-1-7-17-10-12/h1-8,10H. The molecule has 0 spiro atoms. The topological polar surface area (TPSA) is 36.7 Å². The van der Waals surface area contributed by atoms with Crippen LogP contribution in [0.1, 0.15) is 11.1 Å². The van der Waals surface area contributed by atoms with Gasteiger partial charge < -0.3 is 0 Å². The second-order valence-electron chi connectivity index (χ2n) is 3.46. The minimum absolute atomic E-state index is 0.584. The van der Waals surface area contributed by atoms with Crippen molar-refractivity contribution in [3.05, 3.63) is 64.9 Å². The summed E-state index contributed by atoms with van der Waals surface area (Å²) in [5.41, 5.74) is 2.33. The third kappa shape index (κ3) is 2.93. The molecule has 0 saturated heterocycles. The largest absolute Gasteiger partial charge is 0.264 e. The summed E-state index contributed by atoms with van der Waals surface area (Å²) in [6.07, 6.45) is 5.17. The number of rotatable bonds is 2. The highest BCUT2D eigenvalue weighted by molar-refractivity contribution is 6.30. The first kappa shape index (κ1) is 11.4. The number of halogens is 1. The Kier molecular flexibility index (Phi) is 3.54. The number of nitriles is 1. The Bertz CT molecular complexity index is 565. The van der Waals surface area contributed by atoms with Gasteiger partial charge in [-0.25, -0.2) is 0 Å². The molecule has 2 nitrogen and oxygen atoms in total. The van der Waals surface area contributed by atoms with Crippen molar-refractivity contribution in [2.24, 2.45) is 0 Å². The van der Waals surface area contributed by atoms with Crippen molar-refractivity contribution in [1.29, 1.82) is 5.26 Å². The van der Waals surface area contributed by atoms with Crippen molar-refractivity contribution < 1.29 is 0 Å². The zero-order valence-electron chi connectivity index (χ0n) is 8.97. The lowest BCUT2D eigenvalue weighted by atomic mass is 10.1. The molecule has 0 N–H and O–H groups in total. The van der Waals surface area contributed by atoms with E-state index < -0.39 is 0 Å². The third-order valence-corrected chi connectivity index (χ3v) is 2.53. The highest BCUT2D eigenvalue weighted by Crippen LogP contribution is 2.18. The van der Waals surface area contributed by atoms with Gasteiger partial charge in [-0.15, -0.1) is 0 Å². The summed E-state index contributed by atoms with van der Waals surface area (Å²) in [7, 11) is 0. The minimum Gasteiger partial charge on any atom is -0.264 e. The van der Waals surface area contributed by atoms with E-state index in [9.17, 15) is 0 Å². The van der Waals surface area contributed by atoms with E-state index in [0.717, 1.165) is 11.1 Å². The molecule has 0 atom stereocenters. The van der Waals surface area contributed by atoms with Crippen LogP contribution in [0.25, 0.3) is 11.6 Å². The van der Waals surface area contributed by atoms with E-state index in [1.807, 2.05) is 30.3 Å². The fourth-order valence-corrected chi connectivity index (χ4v) is 1.55. The highest BCUT2D eigenvalue weighted by Gasteiger charge is 2.00. The number of aromatic nitrogens is 1. The Hall–Kier alpha value is -2.11. The summed E-state index contributed by atoms with van der Waals surface area (Å²) in [5, 5.41) is 9.81. The van der Waals surface area contributed by atoms with E-state index in [4.69, 9.17) is 16.9 Å². The fraction of sp³-hybridized carbons (Fsp3) is 0. The average molecular weight is 241 g/mol. The summed E-state index contributed by atoms with van der Waals surface area (Å²) in [6.45, 7) is 0. The number of allylic oxidation sites excluding steroid dienone is 1. The van der Waals surface area contributed by atoms with Crippen molar-refractivity contribution >= 4 is 23.3 Å². The zero-order chi connectivity index (χ0) is 12.1. The normalized spacial score (nSPS) is 10.9. The summed E-state index contributed by atoms with van der Waals surface area (Å²) >= 11 is 5.80. The number of hydrogen-bond donors (Lipinski definition) is 0. The number of pyridine rings is 1. The summed E-state index contributed by atoms with van der Waals surface area (Å²) in [4.78, 5) is 4.00. The molecule has 17 heavy (non-hydrogen) atoms. The van der Waals surface area contributed by atoms with Gasteiger partial charge in [0, 0.05) is 23.0 Å². The summed E-state index contributed by atoms with van der Waals surface area (Å²) in [5.74, 6) is 0. The second kappa shape index (κ2) is 5.29. The number of hydrogen-bond acceptors (Lipinski definition) is 2. The minimum atomic E-state index is 0.584. The van der Waals surface area contributed by atoms with Gasteiger partial charge in [0.25, 0.3) is 0 Å². The number of nitrogens with zero attached hydrogens (tertiary/aromatic N) is 2. The van der Waals surface area contributed by atoms with E-state index >= 15 is 0 Å². The first-order chi connectivity index (χ1) is 8.29. The molecule has 0 radical (unpaired) electrons. The van der Waals surface area contributed by atoms with Gasteiger partial charge in [0.1, 0.15) is 0 Å².